The molecular formula is C24H19F3. The van der Waals surface area contributed by atoms with Crippen LogP contribution in [-0.2, 0) is 19.0 Å². The number of aryl methyl sites for hydroxylation is 3. The van der Waals surface area contributed by atoms with Crippen molar-refractivity contribution < 1.29 is 13.2 Å². The Morgan fingerprint density at radius 3 is 1.89 bits per heavy atom. The highest BCUT2D eigenvalue weighted by Gasteiger charge is 2.30. The Morgan fingerprint density at radius 1 is 0.778 bits per heavy atom. The van der Waals surface area contributed by atoms with Gasteiger partial charge in [-0.15, -0.1) is 0 Å². The summed E-state index contributed by atoms with van der Waals surface area (Å²) in [5, 5.41) is 0. The number of halogens is 3. The molecule has 0 N–H and O–H groups in total. The predicted octanol–water partition coefficient (Wildman–Crippen LogP) is 6.70. The summed E-state index contributed by atoms with van der Waals surface area (Å²) in [6.45, 7) is 1.70. The van der Waals surface area contributed by atoms with Crippen LogP contribution in [0.4, 0.5) is 13.2 Å². The minimum atomic E-state index is -4.35. The summed E-state index contributed by atoms with van der Waals surface area (Å²) in [4.78, 5) is 0. The van der Waals surface area contributed by atoms with E-state index in [-0.39, 0.29) is 0 Å². The summed E-state index contributed by atoms with van der Waals surface area (Å²) in [5.74, 6) is 0. The molecule has 1 aliphatic rings. The lowest BCUT2D eigenvalue weighted by molar-refractivity contribution is -0.137. The highest BCUT2D eigenvalue weighted by Crippen LogP contribution is 2.36. The maximum Gasteiger partial charge on any atom is 0.416 e. The molecule has 0 saturated heterocycles. The number of rotatable bonds is 1. The van der Waals surface area contributed by atoms with Crippen molar-refractivity contribution in [2.24, 2.45) is 0 Å². The van der Waals surface area contributed by atoms with Gasteiger partial charge >= 0.3 is 6.18 Å². The lowest BCUT2D eigenvalue weighted by Gasteiger charge is -2.13. The van der Waals surface area contributed by atoms with Crippen molar-refractivity contribution in [3.63, 3.8) is 0 Å². The molecule has 1 aliphatic carbocycles. The van der Waals surface area contributed by atoms with Crippen molar-refractivity contribution >= 4 is 11.6 Å². The SMILES string of the molecule is Cc1cc(C=C2c3ccccc3CCc3ccccc32)cc(C(F)(F)F)c1. The molecule has 0 aromatic heterocycles. The van der Waals surface area contributed by atoms with Gasteiger partial charge in [-0.05, 0) is 76.9 Å². The van der Waals surface area contributed by atoms with E-state index in [4.69, 9.17) is 0 Å². The van der Waals surface area contributed by atoms with Gasteiger partial charge in [0.05, 0.1) is 5.56 Å². The van der Waals surface area contributed by atoms with Crippen LogP contribution in [0.15, 0.2) is 66.7 Å². The summed E-state index contributed by atoms with van der Waals surface area (Å²) in [6, 6.07) is 20.6. The van der Waals surface area contributed by atoms with Crippen LogP contribution >= 0.6 is 0 Å². The monoisotopic (exact) mass is 364 g/mol. The molecule has 3 heteroatoms. The van der Waals surface area contributed by atoms with E-state index in [0.29, 0.717) is 11.1 Å². The van der Waals surface area contributed by atoms with Gasteiger partial charge in [0.2, 0.25) is 0 Å². The predicted molar refractivity (Wildman–Crippen MR) is 103 cm³/mol. The molecule has 3 aromatic rings. The fourth-order valence-electron chi connectivity index (χ4n) is 3.80. The molecule has 0 fully saturated rings. The fourth-order valence-corrected chi connectivity index (χ4v) is 3.80. The van der Waals surface area contributed by atoms with Crippen LogP contribution < -0.4 is 0 Å². The van der Waals surface area contributed by atoms with E-state index in [1.165, 1.54) is 23.3 Å². The van der Waals surface area contributed by atoms with Crippen LogP contribution in [0.2, 0.25) is 0 Å². The Bertz CT molecular complexity index is 976. The second kappa shape index (κ2) is 6.73. The Labute approximate surface area is 157 Å². The fraction of sp³-hybridized carbons (Fsp3) is 0.167. The average Bonchev–Trinajstić information content (AvgIpc) is 2.79. The molecule has 27 heavy (non-hydrogen) atoms. The van der Waals surface area contributed by atoms with E-state index in [9.17, 15) is 13.2 Å². The van der Waals surface area contributed by atoms with E-state index < -0.39 is 11.7 Å². The highest BCUT2D eigenvalue weighted by molar-refractivity contribution is 5.94. The van der Waals surface area contributed by atoms with Gasteiger partial charge in [-0.3, -0.25) is 0 Å². The van der Waals surface area contributed by atoms with Gasteiger partial charge in [-0.2, -0.15) is 13.2 Å². The smallest absolute Gasteiger partial charge is 0.166 e. The Kier molecular flexibility index (Phi) is 4.39. The van der Waals surface area contributed by atoms with E-state index in [0.717, 1.165) is 29.5 Å². The summed E-state index contributed by atoms with van der Waals surface area (Å²) in [6.07, 6.45) is -0.609. The largest absolute Gasteiger partial charge is 0.416 e. The van der Waals surface area contributed by atoms with E-state index >= 15 is 0 Å². The third kappa shape index (κ3) is 3.55. The van der Waals surface area contributed by atoms with E-state index in [1.807, 2.05) is 30.3 Å². The lowest BCUT2D eigenvalue weighted by atomic mass is 9.92. The van der Waals surface area contributed by atoms with Crippen molar-refractivity contribution in [3.05, 3.63) is 106 Å². The molecule has 0 radical (unpaired) electrons. The second-order valence-electron chi connectivity index (χ2n) is 7.00. The first kappa shape index (κ1) is 17.6. The minimum absolute atomic E-state index is 0.573. The summed E-state index contributed by atoms with van der Waals surface area (Å²) in [7, 11) is 0. The van der Waals surface area contributed by atoms with Gasteiger partial charge in [0, 0.05) is 0 Å². The van der Waals surface area contributed by atoms with Crippen molar-refractivity contribution in [2.75, 3.05) is 0 Å². The Hall–Kier alpha value is -2.81. The summed E-state index contributed by atoms with van der Waals surface area (Å²) in [5.41, 5.74) is 6.19. The van der Waals surface area contributed by atoms with Crippen LogP contribution in [0.1, 0.15) is 38.9 Å². The maximum absolute atomic E-state index is 13.2. The molecule has 0 spiro atoms. The van der Waals surface area contributed by atoms with Crippen LogP contribution in [0.25, 0.3) is 11.6 Å². The lowest BCUT2D eigenvalue weighted by Crippen LogP contribution is -2.05. The van der Waals surface area contributed by atoms with Crippen LogP contribution in [0.3, 0.4) is 0 Å². The Morgan fingerprint density at radius 2 is 1.33 bits per heavy atom. The number of hydrogen-bond acceptors (Lipinski definition) is 0. The van der Waals surface area contributed by atoms with Crippen molar-refractivity contribution in [3.8, 4) is 0 Å². The second-order valence-corrected chi connectivity index (χ2v) is 7.00. The first-order chi connectivity index (χ1) is 12.9. The first-order valence-corrected chi connectivity index (χ1v) is 8.99. The zero-order valence-electron chi connectivity index (χ0n) is 15.0. The topological polar surface area (TPSA) is 0 Å². The molecular weight excluding hydrogens is 345 g/mol. The zero-order chi connectivity index (χ0) is 19.0. The normalized spacial score (nSPS) is 13.6. The average molecular weight is 364 g/mol. The molecule has 4 rings (SSSR count). The number of alkyl halides is 3. The van der Waals surface area contributed by atoms with E-state index in [2.05, 4.69) is 24.3 Å². The van der Waals surface area contributed by atoms with Crippen LogP contribution in [0, 0.1) is 6.92 Å². The number of fused-ring (bicyclic) bond motifs is 2. The third-order valence-corrected chi connectivity index (χ3v) is 5.02. The van der Waals surface area contributed by atoms with Crippen LogP contribution in [-0.4, -0.2) is 0 Å². The molecule has 0 heterocycles. The van der Waals surface area contributed by atoms with E-state index in [1.54, 1.807) is 13.0 Å². The standard InChI is InChI=1S/C24H19F3/c1-16-12-17(14-20(13-16)24(25,26)27)15-23-21-8-4-2-6-18(21)10-11-19-7-3-5-9-22(19)23/h2-9,12-15H,10-11H2,1H3. The molecule has 0 amide bonds. The molecule has 0 unspecified atom stereocenters. The molecule has 3 aromatic carbocycles. The van der Waals surface area contributed by atoms with Crippen LogP contribution in [0.5, 0.6) is 0 Å². The molecule has 0 bridgehead atoms. The van der Waals surface area contributed by atoms with Crippen molar-refractivity contribution in [1.29, 1.82) is 0 Å². The van der Waals surface area contributed by atoms with Gasteiger partial charge < -0.3 is 0 Å². The van der Waals surface area contributed by atoms with Gasteiger partial charge in [-0.25, -0.2) is 0 Å². The third-order valence-electron chi connectivity index (χ3n) is 5.02. The van der Waals surface area contributed by atoms with Crippen molar-refractivity contribution in [1.82, 2.24) is 0 Å². The summed E-state index contributed by atoms with van der Waals surface area (Å²) >= 11 is 0. The number of hydrogen-bond donors (Lipinski definition) is 0. The molecule has 0 nitrogen and oxygen atoms in total. The quantitative estimate of drug-likeness (QED) is 0.451. The number of benzene rings is 3. The van der Waals surface area contributed by atoms with Gasteiger partial charge in [0.25, 0.3) is 0 Å². The first-order valence-electron chi connectivity index (χ1n) is 8.99. The van der Waals surface area contributed by atoms with Gasteiger partial charge in [0.15, 0.2) is 0 Å². The molecule has 0 atom stereocenters. The molecule has 136 valence electrons. The molecule has 0 saturated carbocycles. The highest BCUT2D eigenvalue weighted by atomic mass is 19.4. The van der Waals surface area contributed by atoms with Crippen molar-refractivity contribution in [2.45, 2.75) is 25.9 Å². The maximum atomic E-state index is 13.2. The Balaban J connectivity index is 1.95. The molecule has 0 aliphatic heterocycles. The zero-order valence-corrected chi connectivity index (χ0v) is 15.0. The minimum Gasteiger partial charge on any atom is -0.166 e. The summed E-state index contributed by atoms with van der Waals surface area (Å²) < 4.78 is 39.7. The van der Waals surface area contributed by atoms with Gasteiger partial charge in [-0.1, -0.05) is 54.6 Å². The van der Waals surface area contributed by atoms with Gasteiger partial charge in [0.1, 0.15) is 0 Å².